The molecule has 0 saturated carbocycles. The molecule has 6 rings (SSSR count). The number of alkyl halides is 3. The summed E-state index contributed by atoms with van der Waals surface area (Å²) in [7, 11) is 1.58. The topological polar surface area (TPSA) is 134 Å². The molecule has 0 amide bonds. The molecule has 0 radical (unpaired) electrons. The number of carboxylic acids is 1. The number of aromatic nitrogens is 6. The summed E-state index contributed by atoms with van der Waals surface area (Å²) in [4.78, 5) is 31.2. The number of carboxylic acid groups (broad SMARTS) is 1. The van der Waals surface area contributed by atoms with Gasteiger partial charge >= 0.3 is 12.1 Å². The highest BCUT2D eigenvalue weighted by atomic mass is 19.4. The molecule has 12 nitrogen and oxygen atoms in total. The largest absolute Gasteiger partial charge is 0.490 e. The van der Waals surface area contributed by atoms with Crippen molar-refractivity contribution in [1.82, 2.24) is 34.6 Å². The molecule has 1 aliphatic heterocycles. The van der Waals surface area contributed by atoms with Gasteiger partial charge in [0.25, 0.3) is 0 Å². The summed E-state index contributed by atoms with van der Waals surface area (Å²) in [6.45, 7) is 6.89. The van der Waals surface area contributed by atoms with Crippen LogP contribution in [0, 0.1) is 5.82 Å². The van der Waals surface area contributed by atoms with E-state index in [1.54, 1.807) is 48.7 Å². The fraction of sp³-hybridized carbons (Fsp3) is 0.250. The lowest BCUT2D eigenvalue weighted by Gasteiger charge is -2.35. The Balaban J connectivity index is 0.000000582. The van der Waals surface area contributed by atoms with Crippen LogP contribution in [0.1, 0.15) is 6.92 Å². The van der Waals surface area contributed by atoms with Gasteiger partial charge in [0.1, 0.15) is 12.1 Å². The minimum atomic E-state index is -5.08. The van der Waals surface area contributed by atoms with E-state index in [4.69, 9.17) is 14.6 Å². The van der Waals surface area contributed by atoms with E-state index >= 15 is 0 Å². The van der Waals surface area contributed by atoms with Gasteiger partial charge in [0.05, 0.1) is 18.5 Å². The number of benzene rings is 2. The number of nitrogens with zero attached hydrogens (tertiary/aromatic N) is 8. The summed E-state index contributed by atoms with van der Waals surface area (Å²) < 4.78 is 53.2. The fourth-order valence-electron chi connectivity index (χ4n) is 4.79. The van der Waals surface area contributed by atoms with Crippen LogP contribution in [0.2, 0.25) is 0 Å². The molecular formula is C32H31F4N9O3. The Labute approximate surface area is 272 Å². The predicted octanol–water partition coefficient (Wildman–Crippen LogP) is 5.45. The van der Waals surface area contributed by atoms with Crippen molar-refractivity contribution in [3.8, 4) is 34.2 Å². The summed E-state index contributed by atoms with van der Waals surface area (Å²) >= 11 is 0. The van der Waals surface area contributed by atoms with Crippen LogP contribution in [-0.2, 0) is 4.79 Å². The molecule has 3 aromatic heterocycles. The zero-order valence-corrected chi connectivity index (χ0v) is 25.9. The highest BCUT2D eigenvalue weighted by Gasteiger charge is 2.38. The summed E-state index contributed by atoms with van der Waals surface area (Å²) in [5.74, 6) is -1.51. The van der Waals surface area contributed by atoms with Crippen molar-refractivity contribution in [3.05, 3.63) is 85.2 Å². The second kappa shape index (κ2) is 14.8. The molecule has 0 spiro atoms. The van der Waals surface area contributed by atoms with E-state index in [0.29, 0.717) is 28.9 Å². The lowest BCUT2D eigenvalue weighted by atomic mass is 10.1. The van der Waals surface area contributed by atoms with Crippen molar-refractivity contribution in [2.45, 2.75) is 13.1 Å². The smallest absolute Gasteiger partial charge is 0.481 e. The van der Waals surface area contributed by atoms with Gasteiger partial charge in [-0.25, -0.2) is 33.8 Å². The number of ether oxygens (including phenoxy) is 1. The molecule has 0 atom stereocenters. The van der Waals surface area contributed by atoms with Gasteiger partial charge in [-0.15, -0.1) is 5.10 Å². The third-order valence-corrected chi connectivity index (χ3v) is 7.34. The van der Waals surface area contributed by atoms with Crippen LogP contribution in [0.3, 0.4) is 0 Å². The standard InChI is InChI=1S/C30H30FN9O.C2HF3O2/c1-3-38-12-14-39(15-13-38)26-17-22(16-23(31)18-26)27-10-11-32-30(36-27)35-24-5-7-25(8-6-24)40-20-34-29(37-40)21-4-9-28(41-2)33-19-21;3-2(4,5)1(6)7/h4-11,16-20H,3,12-15H2,1-2H3,(H,32,35,36);(H,6,7). The molecule has 4 heterocycles. The molecule has 2 N–H and O–H groups in total. The van der Waals surface area contributed by atoms with Gasteiger partial charge in [0.2, 0.25) is 11.8 Å². The average molecular weight is 666 g/mol. The quantitative estimate of drug-likeness (QED) is 0.205. The molecule has 0 unspecified atom stereocenters. The van der Waals surface area contributed by atoms with E-state index < -0.39 is 12.1 Å². The number of hydrogen-bond donors (Lipinski definition) is 2. The minimum absolute atomic E-state index is 0.279. The molecular weight excluding hydrogens is 634 g/mol. The number of carbonyl (C=O) groups is 1. The first-order valence-corrected chi connectivity index (χ1v) is 14.7. The lowest BCUT2D eigenvalue weighted by molar-refractivity contribution is -0.192. The van der Waals surface area contributed by atoms with Crippen LogP contribution in [0.25, 0.3) is 28.3 Å². The van der Waals surface area contributed by atoms with Crippen LogP contribution in [0.15, 0.2) is 79.4 Å². The highest BCUT2D eigenvalue weighted by Crippen LogP contribution is 2.27. The Kier molecular flexibility index (Phi) is 10.4. The van der Waals surface area contributed by atoms with Crippen molar-refractivity contribution in [2.24, 2.45) is 0 Å². The Morgan fingerprint density at radius 1 is 0.938 bits per heavy atom. The third-order valence-electron chi connectivity index (χ3n) is 7.34. The first-order chi connectivity index (χ1) is 23.0. The van der Waals surface area contributed by atoms with Crippen molar-refractivity contribution in [2.75, 3.05) is 50.1 Å². The van der Waals surface area contributed by atoms with Gasteiger partial charge in [-0.05, 0) is 61.1 Å². The van der Waals surface area contributed by atoms with Crippen molar-refractivity contribution in [1.29, 1.82) is 0 Å². The molecule has 16 heteroatoms. The summed E-state index contributed by atoms with van der Waals surface area (Å²) in [6, 6.07) is 18.2. The maximum atomic E-state index is 14.6. The van der Waals surface area contributed by atoms with Crippen molar-refractivity contribution < 1.29 is 32.2 Å². The molecule has 1 fully saturated rings. The van der Waals surface area contributed by atoms with E-state index in [2.05, 4.69) is 47.1 Å². The number of nitrogens with one attached hydrogen (secondary N) is 1. The highest BCUT2D eigenvalue weighted by molar-refractivity contribution is 5.73. The number of pyridine rings is 1. The SMILES string of the molecule is CCN1CCN(c2cc(F)cc(-c3ccnc(Nc4ccc(-n5cnc(-c6ccc(OC)nc6)n5)cc4)n3)c2)CC1.O=C(O)C(F)(F)F. The fourth-order valence-corrected chi connectivity index (χ4v) is 4.79. The molecule has 1 saturated heterocycles. The van der Waals surface area contributed by atoms with Crippen molar-refractivity contribution in [3.63, 3.8) is 0 Å². The minimum Gasteiger partial charge on any atom is -0.481 e. The zero-order chi connectivity index (χ0) is 34.3. The Morgan fingerprint density at radius 2 is 1.67 bits per heavy atom. The molecule has 250 valence electrons. The van der Waals surface area contributed by atoms with Gasteiger partial charge in [0, 0.05) is 67.1 Å². The Hall–Kier alpha value is -5.64. The Morgan fingerprint density at radius 3 is 2.29 bits per heavy atom. The molecule has 0 bridgehead atoms. The normalized spacial score (nSPS) is 13.4. The second-order valence-corrected chi connectivity index (χ2v) is 10.5. The zero-order valence-electron chi connectivity index (χ0n) is 25.9. The molecule has 5 aromatic rings. The van der Waals surface area contributed by atoms with Crippen LogP contribution < -0.4 is 15.0 Å². The van der Waals surface area contributed by atoms with Gasteiger partial charge in [-0.2, -0.15) is 13.2 Å². The monoisotopic (exact) mass is 665 g/mol. The third kappa shape index (κ3) is 8.58. The van der Waals surface area contributed by atoms with E-state index in [1.165, 1.54) is 6.07 Å². The number of anilines is 3. The summed E-state index contributed by atoms with van der Waals surface area (Å²) in [5, 5.41) is 14.9. The summed E-state index contributed by atoms with van der Waals surface area (Å²) in [6.07, 6.45) is -0.0715. The van der Waals surface area contributed by atoms with Gasteiger partial charge in [-0.3, -0.25) is 0 Å². The molecule has 48 heavy (non-hydrogen) atoms. The van der Waals surface area contributed by atoms with Crippen LogP contribution >= 0.6 is 0 Å². The van der Waals surface area contributed by atoms with E-state index in [1.807, 2.05) is 36.4 Å². The number of piperazine rings is 1. The van der Waals surface area contributed by atoms with Gasteiger partial charge in [0.15, 0.2) is 5.82 Å². The van der Waals surface area contributed by atoms with Crippen LogP contribution in [0.5, 0.6) is 5.88 Å². The van der Waals surface area contributed by atoms with Crippen LogP contribution in [0.4, 0.5) is 34.9 Å². The molecule has 0 aliphatic carbocycles. The molecule has 2 aromatic carbocycles. The van der Waals surface area contributed by atoms with Gasteiger partial charge in [-0.1, -0.05) is 6.92 Å². The Bertz CT molecular complexity index is 1830. The first kappa shape index (κ1) is 33.7. The number of likely N-dealkylation sites (N-methyl/N-ethyl adjacent to an activating group) is 1. The lowest BCUT2D eigenvalue weighted by Crippen LogP contribution is -2.46. The number of rotatable bonds is 8. The number of halogens is 4. The van der Waals surface area contributed by atoms with E-state index in [0.717, 1.165) is 55.3 Å². The van der Waals surface area contributed by atoms with Gasteiger partial charge < -0.3 is 25.0 Å². The number of hydrogen-bond acceptors (Lipinski definition) is 10. The van der Waals surface area contributed by atoms with E-state index in [9.17, 15) is 17.6 Å². The summed E-state index contributed by atoms with van der Waals surface area (Å²) in [5.41, 5.74) is 4.68. The number of aliphatic carboxylic acids is 1. The maximum Gasteiger partial charge on any atom is 0.490 e. The van der Waals surface area contributed by atoms with Crippen LogP contribution in [-0.4, -0.2) is 91.7 Å². The van der Waals surface area contributed by atoms with Crippen molar-refractivity contribution >= 4 is 23.3 Å². The molecule has 1 aliphatic rings. The van der Waals surface area contributed by atoms with E-state index in [-0.39, 0.29) is 5.82 Å². The first-order valence-electron chi connectivity index (χ1n) is 14.7. The average Bonchev–Trinajstić information content (AvgIpc) is 3.59. The number of methoxy groups -OCH3 is 1. The predicted molar refractivity (Wildman–Crippen MR) is 170 cm³/mol. The maximum absolute atomic E-state index is 14.6. The second-order valence-electron chi connectivity index (χ2n) is 10.5.